The zero-order valence-electron chi connectivity index (χ0n) is 9.67. The van der Waals surface area contributed by atoms with E-state index in [4.69, 9.17) is 0 Å². The summed E-state index contributed by atoms with van der Waals surface area (Å²) in [6.45, 7) is 2.35. The number of anilines is 1. The molecule has 3 rings (SSSR count). The first-order valence-electron chi connectivity index (χ1n) is 6.08. The molecule has 0 aliphatic carbocycles. The third kappa shape index (κ3) is 2.03. The Morgan fingerprint density at radius 1 is 1.41 bits per heavy atom. The highest BCUT2D eigenvalue weighted by Gasteiger charge is 2.22. The van der Waals surface area contributed by atoms with Crippen LogP contribution in [-0.4, -0.2) is 29.2 Å². The Hall–Kier alpha value is -1.13. The van der Waals surface area contributed by atoms with Gasteiger partial charge in [0.15, 0.2) is 0 Å². The van der Waals surface area contributed by atoms with Crippen molar-refractivity contribution in [1.82, 2.24) is 4.37 Å². The van der Waals surface area contributed by atoms with Crippen molar-refractivity contribution in [1.29, 1.82) is 0 Å². The third-order valence-electron chi connectivity index (χ3n) is 3.43. The molecule has 1 aromatic heterocycles. The summed E-state index contributed by atoms with van der Waals surface area (Å²) in [5.41, 5.74) is 1.08. The second kappa shape index (κ2) is 4.63. The van der Waals surface area contributed by atoms with Crippen LogP contribution in [0.4, 0.5) is 5.00 Å². The molecule has 1 aliphatic rings. The average Bonchev–Trinajstić information content (AvgIpc) is 2.82. The Kier molecular flexibility index (Phi) is 2.99. The Labute approximate surface area is 105 Å². The SMILES string of the molecule is OCC1CCCN(c2snc3ccccc23)C1. The molecular weight excluding hydrogens is 232 g/mol. The molecule has 0 amide bonds. The normalized spacial score (nSPS) is 21.0. The zero-order chi connectivity index (χ0) is 11.7. The lowest BCUT2D eigenvalue weighted by molar-refractivity contribution is 0.209. The summed E-state index contributed by atoms with van der Waals surface area (Å²) >= 11 is 1.58. The van der Waals surface area contributed by atoms with Crippen LogP contribution in [-0.2, 0) is 0 Å². The van der Waals surface area contributed by atoms with Gasteiger partial charge in [-0.2, -0.15) is 4.37 Å². The Morgan fingerprint density at radius 3 is 3.18 bits per heavy atom. The van der Waals surface area contributed by atoms with Gasteiger partial charge in [-0.25, -0.2) is 0 Å². The van der Waals surface area contributed by atoms with Crippen LogP contribution in [0.3, 0.4) is 0 Å². The van der Waals surface area contributed by atoms with E-state index >= 15 is 0 Å². The number of aliphatic hydroxyl groups excluding tert-OH is 1. The number of hydrogen-bond donors (Lipinski definition) is 1. The first kappa shape index (κ1) is 11.0. The van der Waals surface area contributed by atoms with Gasteiger partial charge in [0.1, 0.15) is 5.00 Å². The highest BCUT2D eigenvalue weighted by atomic mass is 32.1. The van der Waals surface area contributed by atoms with E-state index in [1.54, 1.807) is 11.5 Å². The van der Waals surface area contributed by atoms with Gasteiger partial charge in [-0.1, -0.05) is 12.1 Å². The first-order chi connectivity index (χ1) is 8.38. The van der Waals surface area contributed by atoms with E-state index in [1.807, 2.05) is 6.07 Å². The number of aliphatic hydroxyl groups is 1. The van der Waals surface area contributed by atoms with E-state index in [0.29, 0.717) is 12.5 Å². The van der Waals surface area contributed by atoms with Gasteiger partial charge < -0.3 is 10.0 Å². The number of rotatable bonds is 2. The molecule has 3 nitrogen and oxygen atoms in total. The first-order valence-corrected chi connectivity index (χ1v) is 6.86. The lowest BCUT2D eigenvalue weighted by atomic mass is 9.99. The summed E-state index contributed by atoms with van der Waals surface area (Å²) in [4.78, 5) is 2.38. The van der Waals surface area contributed by atoms with Gasteiger partial charge in [-0.05, 0) is 42.4 Å². The molecule has 17 heavy (non-hydrogen) atoms. The molecule has 4 heteroatoms. The number of aromatic nitrogens is 1. The fourth-order valence-corrected chi connectivity index (χ4v) is 3.40. The van der Waals surface area contributed by atoms with E-state index in [9.17, 15) is 5.11 Å². The summed E-state index contributed by atoms with van der Waals surface area (Å²) < 4.78 is 4.48. The van der Waals surface area contributed by atoms with Crippen LogP contribution in [0.5, 0.6) is 0 Å². The predicted molar refractivity (Wildman–Crippen MR) is 71.6 cm³/mol. The van der Waals surface area contributed by atoms with Gasteiger partial charge in [0.25, 0.3) is 0 Å². The molecule has 0 bridgehead atoms. The van der Waals surface area contributed by atoms with Gasteiger partial charge >= 0.3 is 0 Å². The number of nitrogens with zero attached hydrogens (tertiary/aromatic N) is 2. The van der Waals surface area contributed by atoms with Crippen molar-refractivity contribution >= 4 is 27.4 Å². The van der Waals surface area contributed by atoms with Crippen LogP contribution in [0, 0.1) is 5.92 Å². The fourth-order valence-electron chi connectivity index (χ4n) is 2.50. The predicted octanol–water partition coefficient (Wildman–Crippen LogP) is 2.51. The van der Waals surface area contributed by atoms with Crippen molar-refractivity contribution in [3.8, 4) is 0 Å². The molecule has 1 unspecified atom stereocenters. The van der Waals surface area contributed by atoms with Crippen molar-refractivity contribution in [3.05, 3.63) is 24.3 Å². The van der Waals surface area contributed by atoms with Crippen LogP contribution in [0.15, 0.2) is 24.3 Å². The maximum atomic E-state index is 9.28. The second-order valence-electron chi connectivity index (χ2n) is 4.64. The van der Waals surface area contributed by atoms with Gasteiger partial charge in [0.05, 0.1) is 5.52 Å². The molecule has 1 aliphatic heterocycles. The maximum absolute atomic E-state index is 9.28. The van der Waals surface area contributed by atoms with Crippen LogP contribution in [0.25, 0.3) is 10.9 Å². The summed E-state index contributed by atoms with van der Waals surface area (Å²) in [7, 11) is 0. The zero-order valence-corrected chi connectivity index (χ0v) is 10.5. The molecule has 0 spiro atoms. The van der Waals surface area contributed by atoms with E-state index < -0.39 is 0 Å². The second-order valence-corrected chi connectivity index (χ2v) is 5.39. The summed E-state index contributed by atoms with van der Waals surface area (Å²) in [5.74, 6) is 0.421. The van der Waals surface area contributed by atoms with Crippen molar-refractivity contribution in [2.75, 3.05) is 24.6 Å². The van der Waals surface area contributed by atoms with Gasteiger partial charge in [-0.3, -0.25) is 0 Å². The average molecular weight is 248 g/mol. The lowest BCUT2D eigenvalue weighted by Crippen LogP contribution is -2.36. The summed E-state index contributed by atoms with van der Waals surface area (Å²) in [6, 6.07) is 8.28. The van der Waals surface area contributed by atoms with E-state index in [0.717, 1.165) is 31.4 Å². The third-order valence-corrected chi connectivity index (χ3v) is 4.37. The monoisotopic (exact) mass is 248 g/mol. The minimum Gasteiger partial charge on any atom is -0.396 e. The number of benzene rings is 1. The van der Waals surface area contributed by atoms with Crippen LogP contribution < -0.4 is 4.90 Å². The highest BCUT2D eigenvalue weighted by molar-refractivity contribution is 7.11. The number of fused-ring (bicyclic) bond motifs is 1. The number of piperidine rings is 1. The lowest BCUT2D eigenvalue weighted by Gasteiger charge is -2.32. The van der Waals surface area contributed by atoms with Gasteiger partial charge in [0.2, 0.25) is 0 Å². The molecule has 0 radical (unpaired) electrons. The van der Waals surface area contributed by atoms with Crippen molar-refractivity contribution in [2.24, 2.45) is 5.92 Å². The van der Waals surface area contributed by atoms with Crippen molar-refractivity contribution in [3.63, 3.8) is 0 Å². The minimum absolute atomic E-state index is 0.299. The summed E-state index contributed by atoms with van der Waals surface area (Å²) in [5, 5.41) is 11.8. The van der Waals surface area contributed by atoms with Crippen LogP contribution in [0.1, 0.15) is 12.8 Å². The standard InChI is InChI=1S/C13H16N2OS/c16-9-10-4-3-7-15(8-10)13-11-5-1-2-6-12(11)14-17-13/h1-2,5-6,10,16H,3-4,7-9H2. The minimum atomic E-state index is 0.299. The van der Waals surface area contributed by atoms with Crippen LogP contribution >= 0.6 is 11.5 Å². The summed E-state index contributed by atoms with van der Waals surface area (Å²) in [6.07, 6.45) is 2.31. The molecule has 0 saturated carbocycles. The largest absolute Gasteiger partial charge is 0.396 e. The molecular formula is C13H16N2OS. The van der Waals surface area contributed by atoms with Crippen LogP contribution in [0.2, 0.25) is 0 Å². The molecule has 1 saturated heterocycles. The quantitative estimate of drug-likeness (QED) is 0.887. The molecule has 1 fully saturated rings. The molecule has 1 aromatic carbocycles. The van der Waals surface area contributed by atoms with Gasteiger partial charge in [0, 0.05) is 25.1 Å². The van der Waals surface area contributed by atoms with Crippen molar-refractivity contribution < 1.29 is 5.11 Å². The smallest absolute Gasteiger partial charge is 0.119 e. The molecule has 90 valence electrons. The topological polar surface area (TPSA) is 36.4 Å². The molecule has 2 aromatic rings. The highest BCUT2D eigenvalue weighted by Crippen LogP contribution is 2.33. The maximum Gasteiger partial charge on any atom is 0.119 e. The van der Waals surface area contributed by atoms with E-state index in [1.165, 1.54) is 10.4 Å². The number of hydrogen-bond acceptors (Lipinski definition) is 4. The molecule has 1 atom stereocenters. The Morgan fingerprint density at radius 2 is 2.29 bits per heavy atom. The van der Waals surface area contributed by atoms with Gasteiger partial charge in [-0.15, -0.1) is 0 Å². The van der Waals surface area contributed by atoms with E-state index in [2.05, 4.69) is 27.5 Å². The van der Waals surface area contributed by atoms with E-state index in [-0.39, 0.29) is 0 Å². The van der Waals surface area contributed by atoms with Crippen molar-refractivity contribution in [2.45, 2.75) is 12.8 Å². The molecule has 1 N–H and O–H groups in total. The fraction of sp³-hybridized carbons (Fsp3) is 0.462. The Balaban J connectivity index is 1.92. The molecule has 2 heterocycles. The Bertz CT molecular complexity index is 511.